The first kappa shape index (κ1) is 21.3. The number of aryl methyl sites for hydroxylation is 2. The number of rotatable bonds is 4. The van der Waals surface area contributed by atoms with Crippen molar-refractivity contribution >= 4 is 57.4 Å². The van der Waals surface area contributed by atoms with Crippen LogP contribution in [0.2, 0.25) is 0 Å². The summed E-state index contributed by atoms with van der Waals surface area (Å²) in [6.07, 6.45) is 1.79. The van der Waals surface area contributed by atoms with Crippen molar-refractivity contribution in [3.63, 3.8) is 0 Å². The highest BCUT2D eigenvalue weighted by atomic mass is 32.1. The molecule has 0 radical (unpaired) electrons. The van der Waals surface area contributed by atoms with Gasteiger partial charge in [0.15, 0.2) is 0 Å². The summed E-state index contributed by atoms with van der Waals surface area (Å²) in [7, 11) is 0. The molecule has 9 heteroatoms. The van der Waals surface area contributed by atoms with Crippen molar-refractivity contribution in [2.24, 2.45) is 5.73 Å². The Bertz CT molecular complexity index is 1440. The topological polar surface area (TPSA) is 98.1 Å². The lowest BCUT2D eigenvalue weighted by Crippen LogP contribution is -2.40. The van der Waals surface area contributed by atoms with Crippen LogP contribution >= 0.6 is 34.0 Å². The van der Waals surface area contributed by atoms with E-state index >= 15 is 0 Å². The van der Waals surface area contributed by atoms with E-state index in [0.717, 1.165) is 19.5 Å². The number of carbonyl (C=O) groups excluding carboxylic acids is 1. The standard InChI is InChI=1S/C22H19N3O3S3/c1-4-28-22(27)18-17(15-8-6-12(3)30-15)14(10-23)19(24)25-20(26)16(31-21(18)25)9-13-7-5-11(2)29-13/h5-9,17H,4,24H2,1-3H3/b16-9-/t17-/m1/s1. The van der Waals surface area contributed by atoms with E-state index in [1.54, 1.807) is 24.3 Å². The quantitative estimate of drug-likeness (QED) is 0.593. The number of nitrogens with two attached hydrogens (primary N) is 1. The van der Waals surface area contributed by atoms with E-state index in [9.17, 15) is 14.9 Å². The number of esters is 1. The van der Waals surface area contributed by atoms with E-state index in [4.69, 9.17) is 10.5 Å². The molecule has 31 heavy (non-hydrogen) atoms. The molecular formula is C22H19N3O3S3. The minimum Gasteiger partial charge on any atom is -0.463 e. The molecule has 2 N–H and O–H groups in total. The van der Waals surface area contributed by atoms with Gasteiger partial charge in [0.25, 0.3) is 5.56 Å². The summed E-state index contributed by atoms with van der Waals surface area (Å²) in [4.78, 5) is 30.2. The lowest BCUT2D eigenvalue weighted by Gasteiger charge is -2.23. The molecule has 4 heterocycles. The highest BCUT2D eigenvalue weighted by molar-refractivity contribution is 7.13. The molecule has 1 aliphatic heterocycles. The van der Waals surface area contributed by atoms with Crippen LogP contribution in [0.15, 0.2) is 34.6 Å². The number of ether oxygens (including phenoxy) is 1. The number of nitrogens with zero attached hydrogens (tertiary/aromatic N) is 2. The summed E-state index contributed by atoms with van der Waals surface area (Å²) >= 11 is 4.25. The molecule has 0 amide bonds. The smallest absolute Gasteiger partial charge is 0.338 e. The fourth-order valence-electron chi connectivity index (χ4n) is 3.51. The van der Waals surface area contributed by atoms with Crippen LogP contribution in [0, 0.1) is 25.2 Å². The Hall–Kier alpha value is -2.93. The van der Waals surface area contributed by atoms with Crippen molar-refractivity contribution in [1.82, 2.24) is 4.57 Å². The molecule has 1 atom stereocenters. The first-order valence-corrected chi connectivity index (χ1v) is 12.0. The molecule has 6 nitrogen and oxygen atoms in total. The molecule has 3 aromatic heterocycles. The van der Waals surface area contributed by atoms with Crippen LogP contribution in [-0.2, 0) is 9.53 Å². The Morgan fingerprint density at radius 2 is 1.94 bits per heavy atom. The SMILES string of the molecule is CCOC(=O)C1=c2s/c(=C\c3ccc(C)s3)c(=O)n2C(N)=C(C#N)[C@@H]1c1ccc(C)s1. The zero-order valence-corrected chi connectivity index (χ0v) is 19.5. The number of thiazole rings is 1. The molecule has 3 aromatic rings. The molecular weight excluding hydrogens is 450 g/mol. The molecule has 158 valence electrons. The first-order valence-electron chi connectivity index (χ1n) is 9.53. The van der Waals surface area contributed by atoms with Crippen LogP contribution in [0.3, 0.4) is 0 Å². The highest BCUT2D eigenvalue weighted by Gasteiger charge is 2.37. The molecule has 1 aliphatic rings. The zero-order chi connectivity index (χ0) is 22.3. The van der Waals surface area contributed by atoms with E-state index in [-0.39, 0.29) is 29.1 Å². The van der Waals surface area contributed by atoms with Gasteiger partial charge < -0.3 is 10.5 Å². The van der Waals surface area contributed by atoms with Gasteiger partial charge in [-0.3, -0.25) is 9.36 Å². The van der Waals surface area contributed by atoms with Crippen LogP contribution in [0.4, 0.5) is 0 Å². The largest absolute Gasteiger partial charge is 0.463 e. The third kappa shape index (κ3) is 3.67. The number of hydrogen-bond acceptors (Lipinski definition) is 8. The summed E-state index contributed by atoms with van der Waals surface area (Å²) in [5.41, 5.74) is 6.44. The Labute approximate surface area is 190 Å². The van der Waals surface area contributed by atoms with Gasteiger partial charge in [0.1, 0.15) is 10.5 Å². The lowest BCUT2D eigenvalue weighted by molar-refractivity contribution is -0.136. The van der Waals surface area contributed by atoms with Crippen molar-refractivity contribution in [2.45, 2.75) is 26.7 Å². The summed E-state index contributed by atoms with van der Waals surface area (Å²) in [6.45, 7) is 5.86. The molecule has 0 aromatic carbocycles. The third-order valence-corrected chi connectivity index (χ3v) is 7.97. The first-order chi connectivity index (χ1) is 14.8. The second-order valence-corrected chi connectivity index (χ2v) is 10.6. The van der Waals surface area contributed by atoms with Crippen LogP contribution in [0.1, 0.15) is 32.4 Å². The second-order valence-electron chi connectivity index (χ2n) is 6.93. The summed E-state index contributed by atoms with van der Waals surface area (Å²) in [5.74, 6) is -1.16. The summed E-state index contributed by atoms with van der Waals surface area (Å²) in [6, 6.07) is 9.88. The Morgan fingerprint density at radius 1 is 1.23 bits per heavy atom. The number of carbonyl (C=O) groups is 1. The number of allylic oxidation sites excluding steroid dienone is 1. The van der Waals surface area contributed by atoms with Gasteiger partial charge >= 0.3 is 5.97 Å². The Kier molecular flexibility index (Phi) is 5.71. The van der Waals surface area contributed by atoms with Crippen LogP contribution in [0.5, 0.6) is 0 Å². The lowest BCUT2D eigenvalue weighted by atomic mass is 9.88. The van der Waals surface area contributed by atoms with Gasteiger partial charge in [-0.2, -0.15) is 5.26 Å². The van der Waals surface area contributed by atoms with Crippen molar-refractivity contribution in [1.29, 1.82) is 5.26 Å². The number of thiophene rings is 2. The van der Waals surface area contributed by atoms with Gasteiger partial charge in [0, 0.05) is 19.5 Å². The summed E-state index contributed by atoms with van der Waals surface area (Å²) in [5, 5.41) is 9.92. The zero-order valence-electron chi connectivity index (χ0n) is 17.1. The van der Waals surface area contributed by atoms with Crippen LogP contribution < -0.4 is 20.5 Å². The average Bonchev–Trinajstić information content (AvgIpc) is 3.42. The Morgan fingerprint density at radius 3 is 2.52 bits per heavy atom. The second kappa shape index (κ2) is 8.30. The van der Waals surface area contributed by atoms with E-state index in [2.05, 4.69) is 6.07 Å². The predicted molar refractivity (Wildman–Crippen MR) is 125 cm³/mol. The predicted octanol–water partition coefficient (Wildman–Crippen LogP) is 2.64. The third-order valence-electron chi connectivity index (χ3n) is 4.84. The average molecular weight is 470 g/mol. The van der Waals surface area contributed by atoms with Crippen molar-refractivity contribution in [3.8, 4) is 6.07 Å². The molecule has 0 spiro atoms. The highest BCUT2D eigenvalue weighted by Crippen LogP contribution is 2.39. The number of fused-ring (bicyclic) bond motifs is 1. The molecule has 0 saturated carbocycles. The minimum atomic E-state index is -0.669. The van der Waals surface area contributed by atoms with E-state index in [0.29, 0.717) is 9.20 Å². The van der Waals surface area contributed by atoms with Crippen LogP contribution in [0.25, 0.3) is 17.5 Å². The van der Waals surface area contributed by atoms with Crippen molar-refractivity contribution in [2.75, 3.05) is 6.61 Å². The molecule has 4 rings (SSSR count). The summed E-state index contributed by atoms with van der Waals surface area (Å²) < 4.78 is 7.47. The van der Waals surface area contributed by atoms with E-state index in [1.165, 1.54) is 27.2 Å². The fraction of sp³-hybridized carbons (Fsp3) is 0.227. The van der Waals surface area contributed by atoms with Gasteiger partial charge in [-0.1, -0.05) is 0 Å². The Balaban J connectivity index is 2.10. The molecule has 0 aliphatic carbocycles. The molecule has 0 fully saturated rings. The number of hydrogen-bond donors (Lipinski definition) is 1. The van der Waals surface area contributed by atoms with E-state index < -0.39 is 11.9 Å². The number of aromatic nitrogens is 1. The number of nitriles is 1. The van der Waals surface area contributed by atoms with Gasteiger partial charge in [-0.15, -0.1) is 34.0 Å². The van der Waals surface area contributed by atoms with Gasteiger partial charge in [-0.25, -0.2) is 4.79 Å². The molecule has 0 unspecified atom stereocenters. The van der Waals surface area contributed by atoms with Gasteiger partial charge in [0.05, 0.1) is 34.3 Å². The maximum absolute atomic E-state index is 13.2. The molecule has 0 bridgehead atoms. The maximum atomic E-state index is 13.2. The van der Waals surface area contributed by atoms with Crippen LogP contribution in [-0.4, -0.2) is 17.1 Å². The normalized spacial score (nSPS) is 16.4. The van der Waals surface area contributed by atoms with Crippen molar-refractivity contribution < 1.29 is 9.53 Å². The fourth-order valence-corrected chi connectivity index (χ4v) is 6.56. The minimum absolute atomic E-state index is 0.0601. The van der Waals surface area contributed by atoms with Gasteiger partial charge in [-0.05, 0) is 51.1 Å². The van der Waals surface area contributed by atoms with E-state index in [1.807, 2.05) is 38.1 Å². The van der Waals surface area contributed by atoms with Gasteiger partial charge in [0.2, 0.25) is 0 Å². The molecule has 0 saturated heterocycles. The maximum Gasteiger partial charge on any atom is 0.338 e. The van der Waals surface area contributed by atoms with Crippen molar-refractivity contribution in [3.05, 3.63) is 68.9 Å². The monoisotopic (exact) mass is 469 g/mol.